The molecule has 0 aromatic heterocycles. The largest absolute Gasteiger partial charge is 0.423 e. The second kappa shape index (κ2) is 34.8. The SMILES string of the molecule is CCCCCCCCCCCCc1ccc(C(=O)Oc2ccc(C=Nc3ccc(C(=O)Oc4cccc(OC(=O)c5ccc(N=Cc6ccc(OC(=O)c7ccc(CCCCCCCCCCCC)cc7)cc6)cc5)c4)cc3)cc2)cc1. The van der Waals surface area contributed by atoms with Crippen LogP contribution in [0.5, 0.6) is 23.0 Å². The molecule has 0 spiro atoms. The number of unbranched alkanes of at least 4 members (excludes halogenated alkanes) is 18. The van der Waals surface area contributed by atoms with E-state index >= 15 is 0 Å². The fourth-order valence-electron chi connectivity index (χ4n) is 9.42. The van der Waals surface area contributed by atoms with Crippen LogP contribution in [0.25, 0.3) is 0 Å². The quantitative estimate of drug-likeness (QED) is 0.0169. The lowest BCUT2D eigenvalue weighted by atomic mass is 10.0. The average molecular weight is 1100 g/mol. The standard InChI is InChI=1S/C72H80N2O8/c1-3-5-7-9-11-13-15-17-19-21-24-55-28-36-59(37-29-55)69(75)79-65-48-32-57(33-49-65)53-73-63-44-40-61(41-45-63)71(77)81-67-26-23-27-68(52-67)82-72(78)62-42-46-64(47-43-62)74-54-58-34-50-66(51-35-58)80-70(76)60-38-30-56(31-39-60)25-22-20-18-16-14-12-10-8-6-4-2/h23,26-54H,3-22,24-25H2,1-2H3. The lowest BCUT2D eigenvalue weighted by Crippen LogP contribution is -2.10. The van der Waals surface area contributed by atoms with Gasteiger partial charge in [0, 0.05) is 18.5 Å². The van der Waals surface area contributed by atoms with E-state index in [2.05, 4.69) is 23.8 Å². The highest BCUT2D eigenvalue weighted by molar-refractivity contribution is 5.94. The Labute approximate surface area is 486 Å². The Balaban J connectivity index is 0.780. The first-order chi connectivity index (χ1) is 40.2. The molecule has 0 aliphatic rings. The van der Waals surface area contributed by atoms with E-state index in [0.29, 0.717) is 45.1 Å². The normalized spacial score (nSPS) is 11.2. The highest BCUT2D eigenvalue weighted by Crippen LogP contribution is 2.25. The van der Waals surface area contributed by atoms with Crippen molar-refractivity contribution in [3.8, 4) is 23.0 Å². The Morgan fingerprint density at radius 2 is 0.598 bits per heavy atom. The molecular weight excluding hydrogens is 1020 g/mol. The van der Waals surface area contributed by atoms with Crippen LogP contribution in [-0.4, -0.2) is 36.3 Å². The van der Waals surface area contributed by atoms with Crippen LogP contribution in [0.3, 0.4) is 0 Å². The van der Waals surface area contributed by atoms with Gasteiger partial charge in [-0.25, -0.2) is 19.2 Å². The molecule has 10 heteroatoms. The molecule has 7 rings (SSSR count). The summed E-state index contributed by atoms with van der Waals surface area (Å²) in [5, 5.41) is 0. The molecule has 0 fully saturated rings. The number of ether oxygens (including phenoxy) is 4. The van der Waals surface area contributed by atoms with Crippen molar-refractivity contribution in [3.05, 3.63) is 214 Å². The number of hydrogen-bond donors (Lipinski definition) is 0. The number of aryl methyl sites for hydroxylation is 2. The summed E-state index contributed by atoms with van der Waals surface area (Å²) < 4.78 is 22.5. The summed E-state index contributed by atoms with van der Waals surface area (Å²) in [5.74, 6) is -0.717. The van der Waals surface area contributed by atoms with Gasteiger partial charge in [0.2, 0.25) is 0 Å². The summed E-state index contributed by atoms with van der Waals surface area (Å²) >= 11 is 0. The molecule has 0 saturated heterocycles. The van der Waals surface area contributed by atoms with Gasteiger partial charge < -0.3 is 18.9 Å². The van der Waals surface area contributed by atoms with Gasteiger partial charge in [0.15, 0.2) is 0 Å². The minimum absolute atomic E-state index is 0.203. The second-order valence-corrected chi connectivity index (χ2v) is 21.0. The molecule has 7 aromatic rings. The highest BCUT2D eigenvalue weighted by atomic mass is 16.6. The van der Waals surface area contributed by atoms with Crippen LogP contribution in [0.15, 0.2) is 180 Å². The van der Waals surface area contributed by atoms with E-state index in [4.69, 9.17) is 18.9 Å². The summed E-state index contributed by atoms with van der Waals surface area (Å²) in [5.41, 5.74) is 6.94. The molecule has 0 atom stereocenters. The van der Waals surface area contributed by atoms with Crippen LogP contribution in [0.4, 0.5) is 11.4 Å². The van der Waals surface area contributed by atoms with Crippen molar-refractivity contribution in [2.75, 3.05) is 0 Å². The van der Waals surface area contributed by atoms with Crippen molar-refractivity contribution in [2.24, 2.45) is 9.98 Å². The molecule has 10 nitrogen and oxygen atoms in total. The molecule has 0 unspecified atom stereocenters. The van der Waals surface area contributed by atoms with Gasteiger partial charge in [-0.2, -0.15) is 0 Å². The topological polar surface area (TPSA) is 130 Å². The smallest absolute Gasteiger partial charge is 0.343 e. The number of esters is 4. The average Bonchev–Trinajstić information content (AvgIpc) is 3.56. The maximum absolute atomic E-state index is 13.1. The van der Waals surface area contributed by atoms with Crippen LogP contribution in [0.2, 0.25) is 0 Å². The highest BCUT2D eigenvalue weighted by Gasteiger charge is 2.14. The zero-order valence-electron chi connectivity index (χ0n) is 48.0. The lowest BCUT2D eigenvalue weighted by Gasteiger charge is -2.08. The van der Waals surface area contributed by atoms with Crippen LogP contribution in [0, 0.1) is 0 Å². The maximum Gasteiger partial charge on any atom is 0.343 e. The Kier molecular flexibility index (Phi) is 26.1. The third-order valence-corrected chi connectivity index (χ3v) is 14.4. The van der Waals surface area contributed by atoms with Crippen molar-refractivity contribution in [2.45, 2.75) is 155 Å². The number of carbonyl (C=O) groups is 4. The number of carbonyl (C=O) groups excluding carboxylic acids is 4. The monoisotopic (exact) mass is 1100 g/mol. The molecule has 82 heavy (non-hydrogen) atoms. The van der Waals surface area contributed by atoms with Crippen LogP contribution in [0.1, 0.15) is 206 Å². The van der Waals surface area contributed by atoms with Crippen LogP contribution in [-0.2, 0) is 12.8 Å². The Morgan fingerprint density at radius 1 is 0.317 bits per heavy atom. The summed E-state index contributed by atoms with van der Waals surface area (Å²) in [6.07, 6.45) is 31.6. The first-order valence-electron chi connectivity index (χ1n) is 29.9. The van der Waals surface area contributed by atoms with E-state index < -0.39 is 23.9 Å². The van der Waals surface area contributed by atoms with E-state index in [0.717, 1.165) is 36.8 Å². The Hall–Kier alpha value is -8.24. The first kappa shape index (κ1) is 61.4. The van der Waals surface area contributed by atoms with Gasteiger partial charge in [-0.05, 0) is 181 Å². The molecule has 0 amide bonds. The van der Waals surface area contributed by atoms with E-state index in [-0.39, 0.29) is 11.5 Å². The molecule has 0 N–H and O–H groups in total. The molecule has 0 aliphatic carbocycles. The fourth-order valence-corrected chi connectivity index (χ4v) is 9.42. The van der Waals surface area contributed by atoms with Crippen molar-refractivity contribution in [1.29, 1.82) is 0 Å². The van der Waals surface area contributed by atoms with Crippen LogP contribution < -0.4 is 18.9 Å². The number of hydrogen-bond acceptors (Lipinski definition) is 10. The van der Waals surface area contributed by atoms with Crippen LogP contribution >= 0.6 is 0 Å². The Morgan fingerprint density at radius 3 is 0.915 bits per heavy atom. The number of rotatable bonds is 34. The van der Waals surface area contributed by atoms with Crippen molar-refractivity contribution >= 4 is 47.7 Å². The van der Waals surface area contributed by atoms with E-state index in [1.54, 1.807) is 103 Å². The summed E-state index contributed by atoms with van der Waals surface area (Å²) in [6, 6.07) is 49.2. The third kappa shape index (κ3) is 22.0. The second-order valence-electron chi connectivity index (χ2n) is 21.0. The molecule has 0 aliphatic heterocycles. The summed E-state index contributed by atoms with van der Waals surface area (Å²) in [6.45, 7) is 4.51. The van der Waals surface area contributed by atoms with Crippen molar-refractivity contribution in [1.82, 2.24) is 0 Å². The minimum atomic E-state index is -0.592. The number of nitrogens with zero attached hydrogens (tertiary/aromatic N) is 2. The maximum atomic E-state index is 13.1. The zero-order valence-corrected chi connectivity index (χ0v) is 48.0. The fraction of sp³-hybridized carbons (Fsp3) is 0.333. The van der Waals surface area contributed by atoms with E-state index in [9.17, 15) is 19.2 Å². The first-order valence-corrected chi connectivity index (χ1v) is 29.9. The van der Waals surface area contributed by atoms with E-state index in [1.807, 2.05) is 72.8 Å². The Bertz CT molecular complexity index is 2880. The molecule has 0 saturated carbocycles. The van der Waals surface area contributed by atoms with Gasteiger partial charge >= 0.3 is 23.9 Å². The number of aliphatic imine (C=N–C) groups is 2. The third-order valence-electron chi connectivity index (χ3n) is 14.4. The number of benzene rings is 7. The van der Waals surface area contributed by atoms with Crippen molar-refractivity contribution < 1.29 is 38.1 Å². The minimum Gasteiger partial charge on any atom is -0.423 e. The molecule has 7 aromatic carbocycles. The van der Waals surface area contributed by atoms with E-state index in [1.165, 1.54) is 133 Å². The molecule has 0 bridgehead atoms. The van der Waals surface area contributed by atoms with Gasteiger partial charge in [-0.1, -0.05) is 160 Å². The lowest BCUT2D eigenvalue weighted by molar-refractivity contribution is 0.0718. The summed E-state index contributed by atoms with van der Waals surface area (Å²) in [4.78, 5) is 61.0. The molecule has 0 heterocycles. The zero-order chi connectivity index (χ0) is 57.4. The predicted octanol–water partition coefficient (Wildman–Crippen LogP) is 19.0. The van der Waals surface area contributed by atoms with Gasteiger partial charge in [-0.3, -0.25) is 9.98 Å². The van der Waals surface area contributed by atoms with Gasteiger partial charge in [0.1, 0.15) is 23.0 Å². The van der Waals surface area contributed by atoms with Gasteiger partial charge in [0.05, 0.1) is 33.6 Å². The molecular formula is C72H80N2O8. The van der Waals surface area contributed by atoms with Crippen molar-refractivity contribution in [3.63, 3.8) is 0 Å². The van der Waals surface area contributed by atoms with Gasteiger partial charge in [0.25, 0.3) is 0 Å². The molecule has 0 radical (unpaired) electrons. The predicted molar refractivity (Wildman–Crippen MR) is 331 cm³/mol. The summed E-state index contributed by atoms with van der Waals surface area (Å²) in [7, 11) is 0. The van der Waals surface area contributed by atoms with Gasteiger partial charge in [-0.15, -0.1) is 0 Å². The molecule has 426 valence electrons.